The molecule has 1 saturated carbocycles. The Bertz CT molecular complexity index is 316. The summed E-state index contributed by atoms with van der Waals surface area (Å²) in [4.78, 5) is 4.24. The van der Waals surface area contributed by atoms with Crippen molar-refractivity contribution in [2.45, 2.75) is 39.8 Å². The summed E-state index contributed by atoms with van der Waals surface area (Å²) in [7, 11) is 0. The normalized spacial score (nSPS) is 24.8. The molecule has 0 aromatic carbocycles. The van der Waals surface area contributed by atoms with Crippen LogP contribution in [0.1, 0.15) is 38.9 Å². The number of hydrogen-bond donors (Lipinski definition) is 1. The lowest BCUT2D eigenvalue weighted by atomic mass is 10.2. The second-order valence-electron chi connectivity index (χ2n) is 5.10. The van der Waals surface area contributed by atoms with Gasteiger partial charge in [-0.15, -0.1) is 0 Å². The van der Waals surface area contributed by atoms with Crippen LogP contribution in [0.25, 0.3) is 0 Å². The van der Waals surface area contributed by atoms with E-state index in [9.17, 15) is 0 Å². The minimum atomic E-state index is 0.709. The highest BCUT2D eigenvalue weighted by Crippen LogP contribution is 2.43. The molecule has 15 heavy (non-hydrogen) atoms. The fourth-order valence-corrected chi connectivity index (χ4v) is 1.95. The van der Waals surface area contributed by atoms with Gasteiger partial charge < -0.3 is 9.88 Å². The number of imidazole rings is 1. The second kappa shape index (κ2) is 4.35. The monoisotopic (exact) mass is 207 g/mol. The lowest BCUT2D eigenvalue weighted by Crippen LogP contribution is -2.20. The maximum absolute atomic E-state index is 4.24. The summed E-state index contributed by atoms with van der Waals surface area (Å²) in [5.41, 5.74) is 1.32. The molecule has 2 unspecified atom stereocenters. The molecule has 0 aliphatic heterocycles. The van der Waals surface area contributed by atoms with Crippen molar-refractivity contribution < 1.29 is 0 Å². The Hall–Kier alpha value is -0.830. The van der Waals surface area contributed by atoms with Gasteiger partial charge in [-0.1, -0.05) is 20.8 Å². The zero-order valence-electron chi connectivity index (χ0n) is 9.90. The van der Waals surface area contributed by atoms with Crippen molar-refractivity contribution in [2.75, 3.05) is 6.54 Å². The van der Waals surface area contributed by atoms with Crippen molar-refractivity contribution in [1.82, 2.24) is 14.9 Å². The van der Waals surface area contributed by atoms with Crippen LogP contribution in [0.15, 0.2) is 12.5 Å². The van der Waals surface area contributed by atoms with Crippen molar-refractivity contribution in [1.29, 1.82) is 0 Å². The molecule has 0 saturated heterocycles. The van der Waals surface area contributed by atoms with E-state index < -0.39 is 0 Å². The zero-order chi connectivity index (χ0) is 10.8. The highest BCUT2D eigenvalue weighted by atomic mass is 15.1. The lowest BCUT2D eigenvalue weighted by molar-refractivity contribution is 0.532. The highest BCUT2D eigenvalue weighted by molar-refractivity contribution is 5.05. The summed E-state index contributed by atoms with van der Waals surface area (Å²) in [5, 5.41) is 3.46. The quantitative estimate of drug-likeness (QED) is 0.802. The van der Waals surface area contributed by atoms with Crippen LogP contribution in [0.3, 0.4) is 0 Å². The Kier molecular flexibility index (Phi) is 3.10. The van der Waals surface area contributed by atoms with Crippen LogP contribution in [-0.4, -0.2) is 16.1 Å². The van der Waals surface area contributed by atoms with Gasteiger partial charge in [0.15, 0.2) is 0 Å². The van der Waals surface area contributed by atoms with Crippen LogP contribution in [0.4, 0.5) is 0 Å². The molecule has 2 rings (SSSR count). The van der Waals surface area contributed by atoms with Crippen molar-refractivity contribution in [2.24, 2.45) is 11.8 Å². The van der Waals surface area contributed by atoms with E-state index in [0.717, 1.165) is 19.0 Å². The molecular weight excluding hydrogens is 186 g/mol. The third kappa shape index (κ3) is 2.59. The SMILES string of the molecule is CC(C)CNCc1cncn1C1CC1C. The van der Waals surface area contributed by atoms with E-state index in [4.69, 9.17) is 0 Å². The first-order chi connectivity index (χ1) is 7.18. The van der Waals surface area contributed by atoms with Crippen LogP contribution < -0.4 is 5.32 Å². The van der Waals surface area contributed by atoms with Crippen molar-refractivity contribution in [3.63, 3.8) is 0 Å². The van der Waals surface area contributed by atoms with Gasteiger partial charge in [0.1, 0.15) is 0 Å². The van der Waals surface area contributed by atoms with Gasteiger partial charge in [-0.3, -0.25) is 0 Å². The van der Waals surface area contributed by atoms with Crippen molar-refractivity contribution in [3.8, 4) is 0 Å². The minimum Gasteiger partial charge on any atom is -0.330 e. The third-order valence-electron chi connectivity index (χ3n) is 3.03. The van der Waals surface area contributed by atoms with Gasteiger partial charge in [-0.05, 0) is 24.8 Å². The summed E-state index contributed by atoms with van der Waals surface area (Å²) in [5.74, 6) is 1.55. The van der Waals surface area contributed by atoms with E-state index in [-0.39, 0.29) is 0 Å². The Morgan fingerprint density at radius 3 is 2.93 bits per heavy atom. The van der Waals surface area contributed by atoms with Gasteiger partial charge in [-0.25, -0.2) is 4.98 Å². The molecule has 84 valence electrons. The Morgan fingerprint density at radius 2 is 2.33 bits per heavy atom. The van der Waals surface area contributed by atoms with E-state index >= 15 is 0 Å². The smallest absolute Gasteiger partial charge is 0.0951 e. The molecule has 1 aromatic heterocycles. The van der Waals surface area contributed by atoms with E-state index in [0.29, 0.717) is 12.0 Å². The fourth-order valence-electron chi connectivity index (χ4n) is 1.95. The maximum atomic E-state index is 4.24. The zero-order valence-corrected chi connectivity index (χ0v) is 9.90. The van der Waals surface area contributed by atoms with Gasteiger partial charge in [0.2, 0.25) is 0 Å². The standard InChI is InChI=1S/C12H21N3/c1-9(2)5-13-6-11-7-14-8-15(11)12-4-10(12)3/h7-10,12-13H,4-6H2,1-3H3. The highest BCUT2D eigenvalue weighted by Gasteiger charge is 2.35. The molecule has 1 N–H and O–H groups in total. The van der Waals surface area contributed by atoms with Gasteiger partial charge in [-0.2, -0.15) is 0 Å². The van der Waals surface area contributed by atoms with Crippen LogP contribution in [-0.2, 0) is 6.54 Å². The minimum absolute atomic E-state index is 0.709. The fraction of sp³-hybridized carbons (Fsp3) is 0.750. The van der Waals surface area contributed by atoms with Crippen molar-refractivity contribution in [3.05, 3.63) is 18.2 Å². The number of rotatable bonds is 5. The third-order valence-corrected chi connectivity index (χ3v) is 3.03. The lowest BCUT2D eigenvalue weighted by Gasteiger charge is -2.09. The summed E-state index contributed by atoms with van der Waals surface area (Å²) in [6.07, 6.45) is 5.27. The average Bonchev–Trinajstić information content (AvgIpc) is 2.73. The molecular formula is C12H21N3. The van der Waals surface area contributed by atoms with Crippen LogP contribution in [0.5, 0.6) is 0 Å². The molecule has 0 radical (unpaired) electrons. The van der Waals surface area contributed by atoms with Gasteiger partial charge in [0.05, 0.1) is 12.0 Å². The first-order valence-electron chi connectivity index (χ1n) is 5.90. The second-order valence-corrected chi connectivity index (χ2v) is 5.10. The molecule has 3 heteroatoms. The summed E-state index contributed by atoms with van der Waals surface area (Å²) >= 11 is 0. The summed E-state index contributed by atoms with van der Waals surface area (Å²) in [6.45, 7) is 8.78. The predicted octanol–water partition coefficient (Wildman–Crippen LogP) is 2.21. The molecule has 3 nitrogen and oxygen atoms in total. The van der Waals surface area contributed by atoms with Gasteiger partial charge in [0, 0.05) is 18.8 Å². The average molecular weight is 207 g/mol. The summed E-state index contributed by atoms with van der Waals surface area (Å²) in [6, 6.07) is 0.711. The Labute approximate surface area is 91.9 Å². The van der Waals surface area contributed by atoms with E-state index in [1.165, 1.54) is 12.1 Å². The van der Waals surface area contributed by atoms with E-state index in [1.54, 1.807) is 0 Å². The molecule has 1 heterocycles. The van der Waals surface area contributed by atoms with Crippen LogP contribution in [0.2, 0.25) is 0 Å². The van der Waals surface area contributed by atoms with E-state index in [1.807, 2.05) is 12.5 Å². The number of nitrogens with zero attached hydrogens (tertiary/aromatic N) is 2. The largest absolute Gasteiger partial charge is 0.330 e. The molecule has 0 spiro atoms. The number of hydrogen-bond acceptors (Lipinski definition) is 2. The first kappa shape index (κ1) is 10.7. The van der Waals surface area contributed by atoms with Crippen LogP contribution >= 0.6 is 0 Å². The number of aromatic nitrogens is 2. The topological polar surface area (TPSA) is 29.9 Å². The molecule has 1 aliphatic rings. The Morgan fingerprint density at radius 1 is 1.60 bits per heavy atom. The van der Waals surface area contributed by atoms with E-state index in [2.05, 4.69) is 35.6 Å². The predicted molar refractivity (Wildman–Crippen MR) is 61.6 cm³/mol. The Balaban J connectivity index is 1.88. The molecule has 1 aliphatic carbocycles. The first-order valence-corrected chi connectivity index (χ1v) is 5.90. The number of nitrogens with one attached hydrogen (secondary N) is 1. The molecule has 1 aromatic rings. The molecule has 2 atom stereocenters. The van der Waals surface area contributed by atoms with Gasteiger partial charge >= 0.3 is 0 Å². The van der Waals surface area contributed by atoms with Crippen LogP contribution in [0, 0.1) is 11.8 Å². The molecule has 1 fully saturated rings. The summed E-state index contributed by atoms with van der Waals surface area (Å²) < 4.78 is 2.33. The van der Waals surface area contributed by atoms with Gasteiger partial charge in [0.25, 0.3) is 0 Å². The molecule has 0 bridgehead atoms. The van der Waals surface area contributed by atoms with Crippen molar-refractivity contribution >= 4 is 0 Å². The molecule has 0 amide bonds. The maximum Gasteiger partial charge on any atom is 0.0951 e.